The summed E-state index contributed by atoms with van der Waals surface area (Å²) in [5.74, 6) is -0.150. The molecule has 0 radical (unpaired) electrons. The molecule has 4 rings (SSSR count). The predicted octanol–water partition coefficient (Wildman–Crippen LogP) is 1.78. The molecule has 2 fully saturated rings. The van der Waals surface area contributed by atoms with Crippen LogP contribution in [0.4, 0.5) is 0 Å². The zero-order valence-corrected chi connectivity index (χ0v) is 14.6. The molecule has 0 spiro atoms. The van der Waals surface area contributed by atoms with E-state index in [0.717, 1.165) is 55.9 Å². The Bertz CT molecular complexity index is 729. The number of nitrogens with one attached hydrogen (secondary N) is 2. The van der Waals surface area contributed by atoms with Gasteiger partial charge >= 0.3 is 0 Å². The van der Waals surface area contributed by atoms with E-state index in [4.69, 9.17) is 0 Å². The highest BCUT2D eigenvalue weighted by Crippen LogP contribution is 2.42. The highest BCUT2D eigenvalue weighted by atomic mass is 32.1. The van der Waals surface area contributed by atoms with Crippen LogP contribution in [0.1, 0.15) is 59.3 Å². The molecule has 8 heteroatoms. The van der Waals surface area contributed by atoms with E-state index in [1.54, 1.807) is 17.5 Å². The number of piperidine rings is 1. The maximum atomic E-state index is 12.7. The average molecular weight is 346 g/mol. The van der Waals surface area contributed by atoms with Crippen LogP contribution in [0.15, 0.2) is 11.6 Å². The largest absolute Gasteiger partial charge is 0.339 e. The van der Waals surface area contributed by atoms with Crippen molar-refractivity contribution in [1.82, 2.24) is 30.6 Å². The zero-order valence-electron chi connectivity index (χ0n) is 13.8. The molecule has 1 saturated carbocycles. The molecule has 0 aromatic carbocycles. The van der Waals surface area contributed by atoms with Crippen LogP contribution in [0.3, 0.4) is 0 Å². The third kappa shape index (κ3) is 2.84. The molecule has 2 N–H and O–H groups in total. The van der Waals surface area contributed by atoms with Gasteiger partial charge in [-0.25, -0.2) is 9.67 Å². The smallest absolute Gasteiger partial charge is 0.274 e. The van der Waals surface area contributed by atoms with Gasteiger partial charge in [-0.15, -0.1) is 16.4 Å². The summed E-state index contributed by atoms with van der Waals surface area (Å²) in [5.41, 5.74) is 1.09. The number of amides is 1. The third-order valence-corrected chi connectivity index (χ3v) is 6.18. The number of carbonyl (C=O) groups is 1. The van der Waals surface area contributed by atoms with Gasteiger partial charge in [-0.2, -0.15) is 0 Å². The first-order valence-electron chi connectivity index (χ1n) is 8.54. The fourth-order valence-electron chi connectivity index (χ4n) is 3.41. The van der Waals surface area contributed by atoms with Crippen molar-refractivity contribution in [2.75, 3.05) is 13.1 Å². The van der Waals surface area contributed by atoms with Gasteiger partial charge in [0.25, 0.3) is 5.91 Å². The topological polar surface area (TPSA) is 84.7 Å². The van der Waals surface area contributed by atoms with Gasteiger partial charge in [-0.05, 0) is 52.1 Å². The van der Waals surface area contributed by atoms with E-state index in [9.17, 15) is 4.79 Å². The van der Waals surface area contributed by atoms with Gasteiger partial charge in [0.1, 0.15) is 5.01 Å². The van der Waals surface area contributed by atoms with Gasteiger partial charge in [-0.1, -0.05) is 5.21 Å². The molecule has 1 aliphatic heterocycles. The molecule has 0 atom stereocenters. The molecule has 7 nitrogen and oxygen atoms in total. The Hall–Kier alpha value is -1.80. The van der Waals surface area contributed by atoms with Crippen molar-refractivity contribution in [3.63, 3.8) is 0 Å². The summed E-state index contributed by atoms with van der Waals surface area (Å²) in [6.45, 7) is 3.95. The number of thiazole rings is 1. The minimum atomic E-state index is -0.311. The van der Waals surface area contributed by atoms with E-state index in [-0.39, 0.29) is 11.4 Å². The van der Waals surface area contributed by atoms with Crippen molar-refractivity contribution in [1.29, 1.82) is 0 Å². The fraction of sp³-hybridized carbons (Fsp3) is 0.625. The molecule has 1 amide bonds. The van der Waals surface area contributed by atoms with E-state index < -0.39 is 0 Å². The summed E-state index contributed by atoms with van der Waals surface area (Å²) in [7, 11) is 0. The van der Waals surface area contributed by atoms with Crippen LogP contribution in [0, 0.1) is 6.92 Å². The Labute approximate surface area is 144 Å². The average Bonchev–Trinajstić information content (AvgIpc) is 3.21. The van der Waals surface area contributed by atoms with Gasteiger partial charge in [0.15, 0.2) is 5.69 Å². The van der Waals surface area contributed by atoms with E-state index in [1.165, 1.54) is 0 Å². The Morgan fingerprint density at radius 1 is 1.42 bits per heavy atom. The lowest BCUT2D eigenvalue weighted by Crippen LogP contribution is -2.50. The second kappa shape index (κ2) is 6.25. The fourth-order valence-corrected chi connectivity index (χ4v) is 4.42. The van der Waals surface area contributed by atoms with Crippen molar-refractivity contribution in [2.24, 2.45) is 0 Å². The summed E-state index contributed by atoms with van der Waals surface area (Å²) < 4.78 is 1.84. The van der Waals surface area contributed by atoms with Crippen molar-refractivity contribution in [2.45, 2.75) is 50.6 Å². The molecule has 2 aliphatic rings. The SMILES string of the molecule is Cc1csc(C2(NC(=O)c3cn(C4CCNCC4)nn3)CCC2)n1. The zero-order chi connectivity index (χ0) is 16.6. The van der Waals surface area contributed by atoms with Crippen molar-refractivity contribution < 1.29 is 4.79 Å². The molecule has 0 bridgehead atoms. The predicted molar refractivity (Wildman–Crippen MR) is 91.0 cm³/mol. The van der Waals surface area contributed by atoms with Gasteiger partial charge in [0.05, 0.1) is 17.8 Å². The lowest BCUT2D eigenvalue weighted by Gasteiger charge is -2.40. The third-order valence-electron chi connectivity index (χ3n) is 5.01. The van der Waals surface area contributed by atoms with Gasteiger partial charge < -0.3 is 10.6 Å². The van der Waals surface area contributed by atoms with Crippen LogP contribution < -0.4 is 10.6 Å². The van der Waals surface area contributed by atoms with E-state index in [1.807, 2.05) is 17.0 Å². The molecule has 0 unspecified atom stereocenters. The number of aromatic nitrogens is 4. The van der Waals surface area contributed by atoms with Crippen LogP contribution in [-0.2, 0) is 5.54 Å². The first-order chi connectivity index (χ1) is 11.7. The molecular formula is C16H22N6OS. The minimum absolute atomic E-state index is 0.150. The summed E-state index contributed by atoms with van der Waals surface area (Å²) in [6, 6.07) is 0.333. The number of carbonyl (C=O) groups excluding carboxylic acids is 1. The summed E-state index contributed by atoms with van der Waals surface area (Å²) in [4.78, 5) is 17.3. The van der Waals surface area contributed by atoms with E-state index in [0.29, 0.717) is 11.7 Å². The number of rotatable bonds is 4. The second-order valence-electron chi connectivity index (χ2n) is 6.75. The Morgan fingerprint density at radius 2 is 2.21 bits per heavy atom. The monoisotopic (exact) mass is 346 g/mol. The molecule has 1 aliphatic carbocycles. The summed E-state index contributed by atoms with van der Waals surface area (Å²) in [5, 5.41) is 17.8. The lowest BCUT2D eigenvalue weighted by molar-refractivity contribution is 0.0817. The summed E-state index contributed by atoms with van der Waals surface area (Å²) in [6.07, 6.45) is 6.81. The van der Waals surface area contributed by atoms with Crippen molar-refractivity contribution in [3.8, 4) is 0 Å². The Balaban J connectivity index is 1.48. The second-order valence-corrected chi connectivity index (χ2v) is 7.61. The van der Waals surface area contributed by atoms with Crippen LogP contribution in [0.5, 0.6) is 0 Å². The highest BCUT2D eigenvalue weighted by Gasteiger charge is 2.43. The van der Waals surface area contributed by atoms with Crippen LogP contribution in [0.2, 0.25) is 0 Å². The minimum Gasteiger partial charge on any atom is -0.339 e. The normalized spacial score (nSPS) is 20.5. The first-order valence-corrected chi connectivity index (χ1v) is 9.42. The number of nitrogens with zero attached hydrogens (tertiary/aromatic N) is 4. The van der Waals surface area contributed by atoms with E-state index >= 15 is 0 Å². The molecule has 2 aromatic rings. The van der Waals surface area contributed by atoms with Gasteiger partial charge in [-0.3, -0.25) is 4.79 Å². The van der Waals surface area contributed by atoms with Gasteiger partial charge in [0.2, 0.25) is 0 Å². The maximum absolute atomic E-state index is 12.7. The first kappa shape index (κ1) is 15.7. The van der Waals surface area contributed by atoms with Crippen molar-refractivity contribution >= 4 is 17.2 Å². The standard InChI is InChI=1S/C16H22N6OS/c1-11-10-24-15(18-11)16(5-2-6-16)19-14(23)13-9-22(21-20-13)12-3-7-17-8-4-12/h9-10,12,17H,2-8H2,1H3,(H,19,23). The molecule has 1 saturated heterocycles. The summed E-state index contributed by atoms with van der Waals surface area (Å²) >= 11 is 1.62. The number of hydrogen-bond acceptors (Lipinski definition) is 6. The Kier molecular flexibility index (Phi) is 4.09. The molecule has 3 heterocycles. The van der Waals surface area contributed by atoms with Gasteiger partial charge in [0, 0.05) is 11.1 Å². The van der Waals surface area contributed by atoms with Crippen LogP contribution in [-0.4, -0.2) is 39.0 Å². The molecule has 24 heavy (non-hydrogen) atoms. The van der Waals surface area contributed by atoms with Crippen LogP contribution in [0.25, 0.3) is 0 Å². The maximum Gasteiger partial charge on any atom is 0.274 e. The quantitative estimate of drug-likeness (QED) is 0.881. The molecule has 128 valence electrons. The molecular weight excluding hydrogens is 324 g/mol. The lowest BCUT2D eigenvalue weighted by atomic mass is 9.77. The highest BCUT2D eigenvalue weighted by molar-refractivity contribution is 7.09. The van der Waals surface area contributed by atoms with Crippen LogP contribution >= 0.6 is 11.3 Å². The number of hydrogen-bond donors (Lipinski definition) is 2. The van der Waals surface area contributed by atoms with Crippen molar-refractivity contribution in [3.05, 3.63) is 28.0 Å². The Morgan fingerprint density at radius 3 is 2.83 bits per heavy atom. The molecule has 2 aromatic heterocycles. The number of aryl methyl sites for hydroxylation is 1. The van der Waals surface area contributed by atoms with E-state index in [2.05, 4.69) is 25.9 Å².